The average Bonchev–Trinajstić information content (AvgIpc) is 3.11. The standard InChI is InChI=1S/C16H25N3O4/c1-21-9-6-14(20)19-7-2-13(3-8-19)16-17-15(18-23-16)12-4-10-22-11-5-12/h12-13H,2-11H2,1H3. The monoisotopic (exact) mass is 323 g/mol. The fraction of sp³-hybridized carbons (Fsp3) is 0.812. The number of likely N-dealkylation sites (tertiary alicyclic amines) is 1. The van der Waals surface area contributed by atoms with Crippen molar-refractivity contribution < 1.29 is 18.8 Å². The summed E-state index contributed by atoms with van der Waals surface area (Å²) in [6.45, 7) is 3.54. The minimum absolute atomic E-state index is 0.165. The van der Waals surface area contributed by atoms with E-state index in [2.05, 4.69) is 10.1 Å². The summed E-state index contributed by atoms with van der Waals surface area (Å²) >= 11 is 0. The van der Waals surface area contributed by atoms with Gasteiger partial charge in [-0.15, -0.1) is 0 Å². The summed E-state index contributed by atoms with van der Waals surface area (Å²) in [5.74, 6) is 2.34. The number of ether oxygens (including phenoxy) is 2. The first kappa shape index (κ1) is 16.4. The van der Waals surface area contributed by atoms with Gasteiger partial charge in [-0.1, -0.05) is 5.16 Å². The molecule has 1 amide bonds. The molecule has 7 nitrogen and oxygen atoms in total. The smallest absolute Gasteiger partial charge is 0.229 e. The van der Waals surface area contributed by atoms with Crippen molar-refractivity contribution in [2.24, 2.45) is 0 Å². The third kappa shape index (κ3) is 4.09. The van der Waals surface area contributed by atoms with Crippen LogP contribution in [0.4, 0.5) is 0 Å². The lowest BCUT2D eigenvalue weighted by molar-refractivity contribution is -0.133. The highest BCUT2D eigenvalue weighted by atomic mass is 16.5. The van der Waals surface area contributed by atoms with Crippen LogP contribution in [0, 0.1) is 0 Å². The van der Waals surface area contributed by atoms with Crippen molar-refractivity contribution in [2.45, 2.75) is 43.9 Å². The molecular formula is C16H25N3O4. The van der Waals surface area contributed by atoms with Crippen molar-refractivity contribution >= 4 is 5.91 Å². The summed E-state index contributed by atoms with van der Waals surface area (Å²) in [5.41, 5.74) is 0. The van der Waals surface area contributed by atoms with E-state index >= 15 is 0 Å². The van der Waals surface area contributed by atoms with E-state index in [4.69, 9.17) is 14.0 Å². The maximum absolute atomic E-state index is 12.0. The van der Waals surface area contributed by atoms with Crippen LogP contribution in [0.5, 0.6) is 0 Å². The van der Waals surface area contributed by atoms with Crippen LogP contribution in [0.3, 0.4) is 0 Å². The second kappa shape index (κ2) is 7.88. The van der Waals surface area contributed by atoms with Crippen molar-refractivity contribution in [2.75, 3.05) is 40.0 Å². The molecule has 0 N–H and O–H groups in total. The van der Waals surface area contributed by atoms with E-state index in [1.54, 1.807) is 7.11 Å². The summed E-state index contributed by atoms with van der Waals surface area (Å²) in [5, 5.41) is 4.17. The molecule has 0 spiro atoms. The number of methoxy groups -OCH3 is 1. The Morgan fingerprint density at radius 1 is 1.22 bits per heavy atom. The zero-order valence-electron chi connectivity index (χ0n) is 13.7. The third-order valence-corrected chi connectivity index (χ3v) is 4.76. The van der Waals surface area contributed by atoms with Gasteiger partial charge in [0.15, 0.2) is 5.82 Å². The second-order valence-electron chi connectivity index (χ2n) is 6.28. The SMILES string of the molecule is COCCC(=O)N1CCC(c2nc(C3CCOCC3)no2)CC1. The van der Waals surface area contributed by atoms with Gasteiger partial charge in [0.25, 0.3) is 0 Å². The quantitative estimate of drug-likeness (QED) is 0.821. The molecule has 0 unspecified atom stereocenters. The molecular weight excluding hydrogens is 298 g/mol. The van der Waals surface area contributed by atoms with E-state index in [0.717, 1.165) is 63.7 Å². The van der Waals surface area contributed by atoms with Gasteiger partial charge in [0.1, 0.15) is 0 Å². The van der Waals surface area contributed by atoms with Crippen LogP contribution in [0.2, 0.25) is 0 Å². The zero-order chi connectivity index (χ0) is 16.1. The summed E-state index contributed by atoms with van der Waals surface area (Å²) in [7, 11) is 1.62. The lowest BCUT2D eigenvalue weighted by Crippen LogP contribution is -2.38. The molecule has 0 aromatic carbocycles. The van der Waals surface area contributed by atoms with Crippen LogP contribution in [0.25, 0.3) is 0 Å². The molecule has 2 aliphatic rings. The molecule has 0 bridgehead atoms. The fourth-order valence-electron chi connectivity index (χ4n) is 3.26. The Morgan fingerprint density at radius 3 is 2.65 bits per heavy atom. The highest BCUT2D eigenvalue weighted by Crippen LogP contribution is 2.30. The lowest BCUT2D eigenvalue weighted by atomic mass is 9.96. The van der Waals surface area contributed by atoms with Crippen LogP contribution in [-0.2, 0) is 14.3 Å². The van der Waals surface area contributed by atoms with Gasteiger partial charge in [-0.2, -0.15) is 4.98 Å². The van der Waals surface area contributed by atoms with Gasteiger partial charge in [-0.3, -0.25) is 4.79 Å². The van der Waals surface area contributed by atoms with E-state index in [9.17, 15) is 4.79 Å². The van der Waals surface area contributed by atoms with E-state index in [-0.39, 0.29) is 11.8 Å². The Morgan fingerprint density at radius 2 is 1.96 bits per heavy atom. The average molecular weight is 323 g/mol. The minimum Gasteiger partial charge on any atom is -0.384 e. The molecule has 0 atom stereocenters. The molecule has 0 saturated carbocycles. The number of rotatable bonds is 5. The summed E-state index contributed by atoms with van der Waals surface area (Å²) in [6.07, 6.45) is 4.15. The Bertz CT molecular complexity index is 505. The predicted octanol–water partition coefficient (Wildman–Crippen LogP) is 1.71. The maximum Gasteiger partial charge on any atom is 0.229 e. The molecule has 0 radical (unpaired) electrons. The van der Waals surface area contributed by atoms with Crippen LogP contribution in [0.1, 0.15) is 55.7 Å². The maximum atomic E-state index is 12.0. The minimum atomic E-state index is 0.165. The summed E-state index contributed by atoms with van der Waals surface area (Å²) in [4.78, 5) is 18.5. The first-order valence-electron chi connectivity index (χ1n) is 8.46. The largest absolute Gasteiger partial charge is 0.384 e. The van der Waals surface area contributed by atoms with Gasteiger partial charge < -0.3 is 18.9 Å². The van der Waals surface area contributed by atoms with Gasteiger partial charge in [0.2, 0.25) is 11.8 Å². The molecule has 3 rings (SSSR count). The first-order chi connectivity index (χ1) is 11.3. The van der Waals surface area contributed by atoms with Gasteiger partial charge in [-0.25, -0.2) is 0 Å². The molecule has 23 heavy (non-hydrogen) atoms. The van der Waals surface area contributed by atoms with Gasteiger partial charge in [0, 0.05) is 45.2 Å². The molecule has 0 aliphatic carbocycles. The Kier molecular flexibility index (Phi) is 5.61. The molecule has 128 valence electrons. The highest BCUT2D eigenvalue weighted by Gasteiger charge is 2.29. The number of piperidine rings is 1. The number of hydrogen-bond donors (Lipinski definition) is 0. The molecule has 7 heteroatoms. The van der Waals surface area contributed by atoms with Crippen molar-refractivity contribution in [3.05, 3.63) is 11.7 Å². The van der Waals surface area contributed by atoms with Gasteiger partial charge in [0.05, 0.1) is 13.0 Å². The van der Waals surface area contributed by atoms with E-state index < -0.39 is 0 Å². The molecule has 3 heterocycles. The highest BCUT2D eigenvalue weighted by molar-refractivity contribution is 5.76. The van der Waals surface area contributed by atoms with Crippen LogP contribution < -0.4 is 0 Å². The Balaban J connectivity index is 1.51. The predicted molar refractivity (Wildman–Crippen MR) is 82.1 cm³/mol. The number of aromatic nitrogens is 2. The first-order valence-corrected chi connectivity index (χ1v) is 8.46. The number of carbonyl (C=O) groups excluding carboxylic acids is 1. The molecule has 1 aromatic heterocycles. The molecule has 1 aromatic rings. The van der Waals surface area contributed by atoms with Crippen molar-refractivity contribution in [3.8, 4) is 0 Å². The van der Waals surface area contributed by atoms with Crippen LogP contribution in [0.15, 0.2) is 4.52 Å². The third-order valence-electron chi connectivity index (χ3n) is 4.76. The molecule has 2 fully saturated rings. The van der Waals surface area contributed by atoms with Crippen molar-refractivity contribution in [1.82, 2.24) is 15.0 Å². The van der Waals surface area contributed by atoms with E-state index in [1.807, 2.05) is 4.90 Å². The summed E-state index contributed by atoms with van der Waals surface area (Å²) in [6, 6.07) is 0. The fourth-order valence-corrected chi connectivity index (χ4v) is 3.26. The number of nitrogens with zero attached hydrogens (tertiary/aromatic N) is 3. The van der Waals surface area contributed by atoms with E-state index in [1.165, 1.54) is 0 Å². The van der Waals surface area contributed by atoms with Crippen LogP contribution in [-0.4, -0.2) is 61.0 Å². The molecule has 2 saturated heterocycles. The van der Waals surface area contributed by atoms with Crippen molar-refractivity contribution in [3.63, 3.8) is 0 Å². The topological polar surface area (TPSA) is 77.7 Å². The molecule has 2 aliphatic heterocycles. The van der Waals surface area contributed by atoms with E-state index in [0.29, 0.717) is 18.9 Å². The second-order valence-corrected chi connectivity index (χ2v) is 6.28. The van der Waals surface area contributed by atoms with Crippen LogP contribution >= 0.6 is 0 Å². The van der Waals surface area contributed by atoms with Gasteiger partial charge >= 0.3 is 0 Å². The number of carbonyl (C=O) groups is 1. The zero-order valence-corrected chi connectivity index (χ0v) is 13.7. The van der Waals surface area contributed by atoms with Crippen molar-refractivity contribution in [1.29, 1.82) is 0 Å². The number of hydrogen-bond acceptors (Lipinski definition) is 6. The summed E-state index contributed by atoms with van der Waals surface area (Å²) < 4.78 is 15.8. The number of amides is 1. The Hall–Kier alpha value is -1.47. The van der Waals surface area contributed by atoms with Gasteiger partial charge in [-0.05, 0) is 25.7 Å². The normalized spacial score (nSPS) is 20.8. The lowest BCUT2D eigenvalue weighted by Gasteiger charge is -2.30. The Labute approximate surface area is 136 Å².